The molecule has 0 unspecified atom stereocenters. The lowest BCUT2D eigenvalue weighted by molar-refractivity contribution is -0.121. The Labute approximate surface area is 168 Å². The maximum Gasteiger partial charge on any atom is 0.332 e. The van der Waals surface area contributed by atoms with Crippen LogP contribution >= 0.6 is 0 Å². The molecular formula is C20H27N5O4. The van der Waals surface area contributed by atoms with Gasteiger partial charge in [0.15, 0.2) is 5.78 Å². The van der Waals surface area contributed by atoms with E-state index in [0.717, 1.165) is 10.1 Å². The molecule has 1 aromatic carbocycles. The van der Waals surface area contributed by atoms with Crippen LogP contribution in [0.1, 0.15) is 29.8 Å². The van der Waals surface area contributed by atoms with Crippen LogP contribution in [0, 0.1) is 0 Å². The number of likely N-dealkylation sites (N-methyl/N-ethyl adjacent to an activating group) is 2. The van der Waals surface area contributed by atoms with E-state index in [-0.39, 0.29) is 36.9 Å². The fourth-order valence-electron chi connectivity index (χ4n) is 2.98. The first kappa shape index (κ1) is 22.1. The van der Waals surface area contributed by atoms with Crippen LogP contribution < -0.4 is 22.3 Å². The van der Waals surface area contributed by atoms with E-state index in [2.05, 4.69) is 5.32 Å². The van der Waals surface area contributed by atoms with Gasteiger partial charge in [0.25, 0.3) is 5.56 Å². The second kappa shape index (κ2) is 9.83. The zero-order valence-electron chi connectivity index (χ0n) is 17.0. The fraction of sp³-hybridized carbons (Fsp3) is 0.400. The van der Waals surface area contributed by atoms with Crippen molar-refractivity contribution in [3.8, 4) is 0 Å². The normalized spacial score (nSPS) is 10.9. The quantitative estimate of drug-likeness (QED) is 0.563. The number of Topliss-reactive ketones (excluding diaryl/α,β-unsaturated/α-hetero) is 1. The van der Waals surface area contributed by atoms with Crippen LogP contribution in [-0.2, 0) is 18.4 Å². The molecule has 2 aromatic rings. The molecule has 29 heavy (non-hydrogen) atoms. The lowest BCUT2D eigenvalue weighted by atomic mass is 10.1. The largest absolute Gasteiger partial charge is 0.384 e. The molecule has 9 nitrogen and oxygen atoms in total. The van der Waals surface area contributed by atoms with Crippen LogP contribution in [-0.4, -0.2) is 51.9 Å². The van der Waals surface area contributed by atoms with Gasteiger partial charge < -0.3 is 11.1 Å². The molecule has 0 atom stereocenters. The highest BCUT2D eigenvalue weighted by Gasteiger charge is 2.23. The minimum atomic E-state index is -0.740. The molecule has 0 aliphatic carbocycles. The molecule has 3 N–H and O–H groups in total. The summed E-state index contributed by atoms with van der Waals surface area (Å²) in [5, 5.41) is 2.67. The fourth-order valence-corrected chi connectivity index (χ4v) is 2.98. The number of rotatable bonds is 9. The third kappa shape index (κ3) is 5.20. The van der Waals surface area contributed by atoms with Crippen molar-refractivity contribution in [3.63, 3.8) is 0 Å². The van der Waals surface area contributed by atoms with Crippen LogP contribution in [0.25, 0.3) is 0 Å². The van der Waals surface area contributed by atoms with Crippen molar-refractivity contribution in [1.82, 2.24) is 19.4 Å². The number of nitrogen functional groups attached to an aromatic ring is 1. The number of carbonyl (C=O) groups is 2. The van der Waals surface area contributed by atoms with Crippen molar-refractivity contribution in [2.75, 3.05) is 31.9 Å². The van der Waals surface area contributed by atoms with Crippen LogP contribution in [0.15, 0.2) is 39.9 Å². The first-order chi connectivity index (χ1) is 13.8. The minimum Gasteiger partial charge on any atom is -0.384 e. The Morgan fingerprint density at radius 1 is 1.10 bits per heavy atom. The number of nitrogens with two attached hydrogens (primary N) is 1. The predicted octanol–water partition coefficient (Wildman–Crippen LogP) is -0.182. The molecule has 156 valence electrons. The Balaban J connectivity index is 2.39. The maximum absolute atomic E-state index is 12.9. The zero-order valence-corrected chi connectivity index (χ0v) is 17.0. The second-order valence-corrected chi connectivity index (χ2v) is 6.66. The molecule has 9 heteroatoms. The summed E-state index contributed by atoms with van der Waals surface area (Å²) in [6, 6.07) is 9.14. The Morgan fingerprint density at radius 2 is 1.76 bits per heavy atom. The van der Waals surface area contributed by atoms with Crippen molar-refractivity contribution in [3.05, 3.63) is 62.3 Å². The van der Waals surface area contributed by atoms with Gasteiger partial charge in [-0.3, -0.25) is 28.4 Å². The Morgan fingerprint density at radius 3 is 2.34 bits per heavy atom. The number of carbonyl (C=O) groups excluding carboxylic acids is 2. The number of hydrogen-bond donors (Lipinski definition) is 2. The van der Waals surface area contributed by atoms with Crippen molar-refractivity contribution < 1.29 is 9.59 Å². The van der Waals surface area contributed by atoms with Crippen molar-refractivity contribution in [1.29, 1.82) is 0 Å². The smallest absolute Gasteiger partial charge is 0.332 e. The summed E-state index contributed by atoms with van der Waals surface area (Å²) in [6.45, 7) is 4.55. The molecular weight excluding hydrogens is 374 g/mol. The average Bonchev–Trinajstić information content (AvgIpc) is 2.70. The summed E-state index contributed by atoms with van der Waals surface area (Å²) < 4.78 is 2.09. The SMILES string of the molecule is CCNC(=O)CN(CC)CC(=O)c1c(N)n(Cc2ccccc2)c(=O)n(C)c1=O. The van der Waals surface area contributed by atoms with E-state index in [1.54, 1.807) is 11.8 Å². The van der Waals surface area contributed by atoms with Crippen LogP contribution in [0.5, 0.6) is 0 Å². The molecule has 1 amide bonds. The summed E-state index contributed by atoms with van der Waals surface area (Å²) in [5.74, 6) is -0.908. The van der Waals surface area contributed by atoms with Gasteiger partial charge in [-0.25, -0.2) is 4.79 Å². The van der Waals surface area contributed by atoms with E-state index < -0.39 is 17.0 Å². The molecule has 0 saturated heterocycles. The van der Waals surface area contributed by atoms with E-state index in [1.807, 2.05) is 37.3 Å². The van der Waals surface area contributed by atoms with Crippen LogP contribution in [0.3, 0.4) is 0 Å². The van der Waals surface area contributed by atoms with E-state index in [0.29, 0.717) is 13.1 Å². The molecule has 0 aliphatic rings. The van der Waals surface area contributed by atoms with Gasteiger partial charge in [0.2, 0.25) is 5.91 Å². The van der Waals surface area contributed by atoms with Gasteiger partial charge in [-0.05, 0) is 19.0 Å². The number of benzene rings is 1. The summed E-state index contributed by atoms with van der Waals surface area (Å²) >= 11 is 0. The summed E-state index contributed by atoms with van der Waals surface area (Å²) in [5.41, 5.74) is 5.34. The molecule has 0 fully saturated rings. The van der Waals surface area contributed by atoms with Gasteiger partial charge in [0.05, 0.1) is 19.6 Å². The van der Waals surface area contributed by atoms with Gasteiger partial charge in [-0.15, -0.1) is 0 Å². The van der Waals surface area contributed by atoms with Crippen molar-refractivity contribution in [2.45, 2.75) is 20.4 Å². The van der Waals surface area contributed by atoms with E-state index in [4.69, 9.17) is 5.73 Å². The van der Waals surface area contributed by atoms with Gasteiger partial charge in [0.1, 0.15) is 11.4 Å². The van der Waals surface area contributed by atoms with Gasteiger partial charge >= 0.3 is 5.69 Å². The number of ketones is 1. The summed E-state index contributed by atoms with van der Waals surface area (Å²) in [6.07, 6.45) is 0. The number of hydrogen-bond acceptors (Lipinski definition) is 6. The van der Waals surface area contributed by atoms with Crippen LogP contribution in [0.4, 0.5) is 5.82 Å². The monoisotopic (exact) mass is 401 g/mol. The molecule has 0 bridgehead atoms. The summed E-state index contributed by atoms with van der Waals surface area (Å²) in [4.78, 5) is 51.5. The van der Waals surface area contributed by atoms with Crippen LogP contribution in [0.2, 0.25) is 0 Å². The van der Waals surface area contributed by atoms with Crippen molar-refractivity contribution >= 4 is 17.5 Å². The molecule has 0 saturated carbocycles. The Kier molecular flexibility index (Phi) is 7.49. The first-order valence-corrected chi connectivity index (χ1v) is 9.45. The third-order valence-electron chi connectivity index (χ3n) is 4.60. The molecule has 1 heterocycles. The van der Waals surface area contributed by atoms with E-state index in [9.17, 15) is 19.2 Å². The number of nitrogens with one attached hydrogen (secondary N) is 1. The standard InChI is InChI=1S/C20H27N5O4/c1-4-22-16(27)13-24(5-2)12-15(26)17-18(21)25(20(29)23(3)19(17)28)11-14-9-7-6-8-10-14/h6-10H,4-5,11-13,21H2,1-3H3,(H,22,27). The predicted molar refractivity (Wildman–Crippen MR) is 111 cm³/mol. The minimum absolute atomic E-state index is 0.0277. The average molecular weight is 401 g/mol. The van der Waals surface area contributed by atoms with Gasteiger partial charge in [0, 0.05) is 13.6 Å². The molecule has 0 aliphatic heterocycles. The molecule has 0 radical (unpaired) electrons. The highest BCUT2D eigenvalue weighted by atomic mass is 16.2. The summed E-state index contributed by atoms with van der Waals surface area (Å²) in [7, 11) is 1.31. The lowest BCUT2D eigenvalue weighted by Crippen LogP contribution is -2.45. The van der Waals surface area contributed by atoms with E-state index in [1.165, 1.54) is 11.6 Å². The number of amides is 1. The topological polar surface area (TPSA) is 119 Å². The first-order valence-electron chi connectivity index (χ1n) is 9.45. The zero-order chi connectivity index (χ0) is 21.6. The third-order valence-corrected chi connectivity index (χ3v) is 4.60. The van der Waals surface area contributed by atoms with Crippen molar-refractivity contribution in [2.24, 2.45) is 7.05 Å². The molecule has 1 aromatic heterocycles. The number of anilines is 1. The second-order valence-electron chi connectivity index (χ2n) is 6.66. The highest BCUT2D eigenvalue weighted by Crippen LogP contribution is 2.10. The molecule has 0 spiro atoms. The molecule has 2 rings (SSSR count). The Bertz CT molecular complexity index is 994. The lowest BCUT2D eigenvalue weighted by Gasteiger charge is -2.20. The van der Waals surface area contributed by atoms with E-state index >= 15 is 0 Å². The number of nitrogens with zero attached hydrogens (tertiary/aromatic N) is 3. The number of aromatic nitrogens is 2. The maximum atomic E-state index is 12.9. The highest BCUT2D eigenvalue weighted by molar-refractivity contribution is 6.01. The Hall–Kier alpha value is -3.20. The van der Waals surface area contributed by atoms with Gasteiger partial charge in [-0.1, -0.05) is 37.3 Å². The van der Waals surface area contributed by atoms with Gasteiger partial charge in [-0.2, -0.15) is 0 Å².